The van der Waals surface area contributed by atoms with E-state index in [1.807, 2.05) is 10.7 Å². The van der Waals surface area contributed by atoms with Crippen molar-refractivity contribution in [1.82, 2.24) is 20.2 Å². The molecule has 1 fully saturated rings. The molecule has 2 N–H and O–H groups in total. The molecule has 6 heteroatoms. The first-order chi connectivity index (χ1) is 9.26. The second kappa shape index (κ2) is 3.95. The van der Waals surface area contributed by atoms with Crippen molar-refractivity contribution in [1.29, 1.82) is 0 Å². The summed E-state index contributed by atoms with van der Waals surface area (Å²) in [6.07, 6.45) is 0. The van der Waals surface area contributed by atoms with E-state index in [9.17, 15) is 0 Å². The van der Waals surface area contributed by atoms with E-state index in [1.165, 1.54) is 0 Å². The van der Waals surface area contributed by atoms with Crippen LogP contribution in [0, 0.1) is 10.8 Å². The van der Waals surface area contributed by atoms with E-state index in [-0.39, 0.29) is 16.9 Å². The van der Waals surface area contributed by atoms with E-state index in [0.717, 1.165) is 5.56 Å². The van der Waals surface area contributed by atoms with E-state index in [2.05, 4.69) is 43.2 Å². The lowest BCUT2D eigenvalue weighted by molar-refractivity contribution is 0.457. The third-order valence-electron chi connectivity index (χ3n) is 4.94. The Balaban J connectivity index is 2.11. The van der Waals surface area contributed by atoms with E-state index >= 15 is 0 Å². The van der Waals surface area contributed by atoms with Gasteiger partial charge in [-0.25, -0.2) is 4.68 Å². The van der Waals surface area contributed by atoms with Crippen LogP contribution in [0.1, 0.15) is 33.7 Å². The Morgan fingerprint density at radius 3 is 2.45 bits per heavy atom. The number of nitrogens with two attached hydrogens (primary N) is 1. The van der Waals surface area contributed by atoms with Gasteiger partial charge in [0.1, 0.15) is 0 Å². The van der Waals surface area contributed by atoms with Crippen molar-refractivity contribution >= 4 is 17.3 Å². The smallest absolute Gasteiger partial charge is 0.184 e. The average Bonchev–Trinajstić information content (AvgIpc) is 2.70. The number of anilines is 1. The quantitative estimate of drug-likeness (QED) is 0.863. The fourth-order valence-corrected chi connectivity index (χ4v) is 3.21. The fourth-order valence-electron chi connectivity index (χ4n) is 3.04. The molecular weight excluding hydrogens is 274 g/mol. The number of rotatable bonds is 2. The number of nitrogens with zero attached hydrogens (tertiary/aromatic N) is 4. The maximum Gasteiger partial charge on any atom is 0.184 e. The number of benzene rings is 1. The molecule has 0 amide bonds. The van der Waals surface area contributed by atoms with Crippen molar-refractivity contribution in [3.8, 4) is 11.4 Å². The van der Waals surface area contributed by atoms with Crippen LogP contribution in [0.4, 0.5) is 5.69 Å². The van der Waals surface area contributed by atoms with E-state index in [1.54, 1.807) is 12.1 Å². The van der Waals surface area contributed by atoms with Gasteiger partial charge in [-0.2, -0.15) is 0 Å². The molecule has 0 atom stereocenters. The molecule has 5 nitrogen and oxygen atoms in total. The Morgan fingerprint density at radius 1 is 1.20 bits per heavy atom. The molecule has 0 saturated heterocycles. The molecule has 106 valence electrons. The first kappa shape index (κ1) is 13.4. The lowest BCUT2D eigenvalue weighted by Gasteiger charge is -2.08. The average molecular weight is 292 g/mol. The van der Waals surface area contributed by atoms with Gasteiger partial charge in [-0.15, -0.1) is 5.10 Å². The normalized spacial score (nSPS) is 20.1. The Bertz CT molecular complexity index is 660. The topological polar surface area (TPSA) is 69.6 Å². The van der Waals surface area contributed by atoms with Crippen LogP contribution in [0.25, 0.3) is 11.4 Å². The number of aromatic nitrogens is 4. The first-order valence-electron chi connectivity index (χ1n) is 6.60. The highest BCUT2D eigenvalue weighted by Gasteiger charge is 2.67. The number of halogens is 1. The van der Waals surface area contributed by atoms with Crippen molar-refractivity contribution in [2.75, 3.05) is 5.73 Å². The predicted octanol–water partition coefficient (Wildman–Crippen LogP) is 3.18. The standard InChI is InChI=1S/C14H18ClN5/c1-13(2)12(14(13,3)4)20-11(17-18-19-20)9-7-8(15)5-6-10(9)16/h5-7,12H,16H2,1-4H3. The molecule has 0 unspecified atom stereocenters. The largest absolute Gasteiger partial charge is 0.398 e. The molecular formula is C14H18ClN5. The van der Waals surface area contributed by atoms with Gasteiger partial charge < -0.3 is 5.73 Å². The van der Waals surface area contributed by atoms with Gasteiger partial charge in [0.05, 0.1) is 6.04 Å². The minimum Gasteiger partial charge on any atom is -0.398 e. The van der Waals surface area contributed by atoms with Gasteiger partial charge in [0.2, 0.25) is 0 Å². The van der Waals surface area contributed by atoms with Crippen LogP contribution in [-0.4, -0.2) is 20.2 Å². The molecule has 1 aliphatic rings. The summed E-state index contributed by atoms with van der Waals surface area (Å²) in [6.45, 7) is 8.91. The van der Waals surface area contributed by atoms with Crippen LogP contribution < -0.4 is 5.73 Å². The molecule has 1 aromatic carbocycles. The third-order valence-corrected chi connectivity index (χ3v) is 5.17. The van der Waals surface area contributed by atoms with Gasteiger partial charge in [0.15, 0.2) is 5.82 Å². The van der Waals surface area contributed by atoms with Crippen molar-refractivity contribution in [2.24, 2.45) is 10.8 Å². The second-order valence-corrected chi connectivity index (χ2v) is 6.96. The van der Waals surface area contributed by atoms with Crippen LogP contribution in [0.5, 0.6) is 0 Å². The number of nitrogen functional groups attached to an aromatic ring is 1. The number of tetrazole rings is 1. The summed E-state index contributed by atoms with van der Waals surface area (Å²) < 4.78 is 1.88. The molecule has 2 aromatic rings. The lowest BCUT2D eigenvalue weighted by Crippen LogP contribution is -2.06. The lowest BCUT2D eigenvalue weighted by atomic mass is 10.0. The Morgan fingerprint density at radius 2 is 1.85 bits per heavy atom. The van der Waals surface area contributed by atoms with E-state index in [0.29, 0.717) is 16.5 Å². The number of hydrogen-bond acceptors (Lipinski definition) is 4. The zero-order chi connectivity index (χ0) is 14.7. The van der Waals surface area contributed by atoms with Crippen LogP contribution >= 0.6 is 11.6 Å². The minimum absolute atomic E-state index is 0.143. The van der Waals surface area contributed by atoms with E-state index < -0.39 is 0 Å². The Labute approximate surface area is 123 Å². The summed E-state index contributed by atoms with van der Waals surface area (Å²) in [5.41, 5.74) is 7.73. The highest BCUT2D eigenvalue weighted by Crippen LogP contribution is 2.71. The van der Waals surface area contributed by atoms with Crippen LogP contribution in [0.3, 0.4) is 0 Å². The maximum absolute atomic E-state index is 6.06. The van der Waals surface area contributed by atoms with Crippen molar-refractivity contribution in [3.05, 3.63) is 23.2 Å². The predicted molar refractivity (Wildman–Crippen MR) is 79.3 cm³/mol. The molecule has 1 aliphatic carbocycles. The second-order valence-electron chi connectivity index (χ2n) is 6.52. The number of hydrogen-bond donors (Lipinski definition) is 1. The molecule has 1 saturated carbocycles. The summed E-state index contributed by atoms with van der Waals surface area (Å²) >= 11 is 6.06. The molecule has 0 spiro atoms. The van der Waals surface area contributed by atoms with Gasteiger partial charge in [0, 0.05) is 16.3 Å². The minimum atomic E-state index is 0.143. The molecule has 20 heavy (non-hydrogen) atoms. The summed E-state index contributed by atoms with van der Waals surface area (Å²) in [6, 6.07) is 5.60. The molecule has 3 rings (SSSR count). The highest BCUT2D eigenvalue weighted by atomic mass is 35.5. The van der Waals surface area contributed by atoms with Gasteiger partial charge in [-0.3, -0.25) is 0 Å². The Hall–Kier alpha value is -1.62. The fraction of sp³-hybridized carbons (Fsp3) is 0.500. The maximum atomic E-state index is 6.06. The van der Waals surface area contributed by atoms with Crippen molar-refractivity contribution in [2.45, 2.75) is 33.7 Å². The Kier molecular flexibility index (Phi) is 2.64. The summed E-state index contributed by atoms with van der Waals surface area (Å²) in [4.78, 5) is 0. The van der Waals surface area contributed by atoms with Crippen LogP contribution in [-0.2, 0) is 0 Å². The van der Waals surface area contributed by atoms with Crippen molar-refractivity contribution in [3.63, 3.8) is 0 Å². The molecule has 1 heterocycles. The SMILES string of the molecule is CC1(C)C(n2nnnc2-c2cc(Cl)ccc2N)C1(C)C. The monoisotopic (exact) mass is 291 g/mol. The zero-order valence-electron chi connectivity index (χ0n) is 12.1. The van der Waals surface area contributed by atoms with Crippen LogP contribution in [0.2, 0.25) is 5.02 Å². The summed E-state index contributed by atoms with van der Waals surface area (Å²) in [5.74, 6) is 0.675. The molecule has 0 radical (unpaired) electrons. The highest BCUT2D eigenvalue weighted by molar-refractivity contribution is 6.31. The van der Waals surface area contributed by atoms with Gasteiger partial charge >= 0.3 is 0 Å². The third kappa shape index (κ3) is 1.66. The summed E-state index contributed by atoms with van der Waals surface area (Å²) in [5, 5.41) is 12.8. The molecule has 1 aromatic heterocycles. The molecule has 0 aliphatic heterocycles. The summed E-state index contributed by atoms with van der Waals surface area (Å²) in [7, 11) is 0. The van der Waals surface area contributed by atoms with Crippen LogP contribution in [0.15, 0.2) is 18.2 Å². The molecule has 0 bridgehead atoms. The first-order valence-corrected chi connectivity index (χ1v) is 6.98. The van der Waals surface area contributed by atoms with Gasteiger partial charge in [0.25, 0.3) is 0 Å². The van der Waals surface area contributed by atoms with Gasteiger partial charge in [-0.1, -0.05) is 39.3 Å². The zero-order valence-corrected chi connectivity index (χ0v) is 12.8. The van der Waals surface area contributed by atoms with Crippen molar-refractivity contribution < 1.29 is 0 Å². The van der Waals surface area contributed by atoms with E-state index in [4.69, 9.17) is 17.3 Å². The van der Waals surface area contributed by atoms with Gasteiger partial charge in [-0.05, 0) is 39.5 Å².